The predicted molar refractivity (Wildman–Crippen MR) is 55.4 cm³/mol. The van der Waals surface area contributed by atoms with Gasteiger partial charge in [-0.2, -0.15) is 0 Å². The highest BCUT2D eigenvalue weighted by atomic mass is 19.4. The Bertz CT molecular complexity index is 610. The number of carboxylic acids is 1. The van der Waals surface area contributed by atoms with Gasteiger partial charge < -0.3 is 9.84 Å². The van der Waals surface area contributed by atoms with Crippen molar-refractivity contribution in [3.63, 3.8) is 0 Å². The van der Waals surface area contributed by atoms with E-state index in [0.717, 1.165) is 12.3 Å². The number of ether oxygens (including phenoxy) is 1. The average molecular weight is 257 g/mol. The van der Waals surface area contributed by atoms with Crippen LogP contribution in [0.2, 0.25) is 0 Å². The third kappa shape index (κ3) is 2.34. The number of pyridine rings is 1. The van der Waals surface area contributed by atoms with Crippen LogP contribution < -0.4 is 4.74 Å². The summed E-state index contributed by atoms with van der Waals surface area (Å²) in [5.74, 6) is -1.77. The molecule has 4 nitrogen and oxygen atoms in total. The van der Waals surface area contributed by atoms with E-state index in [-0.39, 0.29) is 16.5 Å². The number of hydrogen-bond donors (Lipinski definition) is 1. The Morgan fingerprint density at radius 2 is 2.00 bits per heavy atom. The SMILES string of the molecule is O=C(O)c1ccnc2c(OC(F)(F)F)cccc12. The molecule has 0 fully saturated rings. The maximum Gasteiger partial charge on any atom is 0.573 e. The fourth-order valence-electron chi connectivity index (χ4n) is 1.54. The fraction of sp³-hybridized carbons (Fsp3) is 0.0909. The molecule has 1 N–H and O–H groups in total. The van der Waals surface area contributed by atoms with E-state index >= 15 is 0 Å². The number of carbonyl (C=O) groups is 1. The van der Waals surface area contributed by atoms with Gasteiger partial charge in [-0.1, -0.05) is 12.1 Å². The largest absolute Gasteiger partial charge is 0.573 e. The number of carboxylic acid groups (broad SMARTS) is 1. The summed E-state index contributed by atoms with van der Waals surface area (Å²) >= 11 is 0. The Hall–Kier alpha value is -2.31. The number of aromatic carboxylic acids is 1. The Morgan fingerprint density at radius 1 is 1.28 bits per heavy atom. The zero-order valence-electron chi connectivity index (χ0n) is 8.73. The molecule has 7 heteroatoms. The molecule has 1 heterocycles. The lowest BCUT2D eigenvalue weighted by atomic mass is 10.1. The van der Waals surface area contributed by atoms with Gasteiger partial charge in [-0.25, -0.2) is 4.79 Å². The maximum absolute atomic E-state index is 12.2. The van der Waals surface area contributed by atoms with Gasteiger partial charge in [-0.15, -0.1) is 13.2 Å². The molecule has 0 saturated carbocycles. The lowest BCUT2D eigenvalue weighted by Gasteiger charge is -2.11. The molecule has 0 radical (unpaired) electrons. The first kappa shape index (κ1) is 12.2. The lowest BCUT2D eigenvalue weighted by molar-refractivity contribution is -0.274. The minimum absolute atomic E-state index is 0.0896. The van der Waals surface area contributed by atoms with Crippen LogP contribution >= 0.6 is 0 Å². The Morgan fingerprint density at radius 3 is 2.61 bits per heavy atom. The van der Waals surface area contributed by atoms with Gasteiger partial charge in [0.2, 0.25) is 0 Å². The summed E-state index contributed by atoms with van der Waals surface area (Å²) in [4.78, 5) is 14.6. The maximum atomic E-state index is 12.2. The minimum atomic E-state index is -4.85. The molecule has 0 unspecified atom stereocenters. The van der Waals surface area contributed by atoms with Crippen molar-refractivity contribution in [2.75, 3.05) is 0 Å². The molecule has 18 heavy (non-hydrogen) atoms. The summed E-state index contributed by atoms with van der Waals surface area (Å²) in [7, 11) is 0. The summed E-state index contributed by atoms with van der Waals surface area (Å²) in [6.07, 6.45) is -3.73. The van der Waals surface area contributed by atoms with Crippen LogP contribution in [0.4, 0.5) is 13.2 Å². The van der Waals surface area contributed by atoms with Gasteiger partial charge in [0, 0.05) is 11.6 Å². The van der Waals surface area contributed by atoms with E-state index in [0.29, 0.717) is 0 Å². The second-order valence-electron chi connectivity index (χ2n) is 3.36. The minimum Gasteiger partial charge on any atom is -0.478 e. The van der Waals surface area contributed by atoms with E-state index < -0.39 is 18.1 Å². The van der Waals surface area contributed by atoms with Crippen molar-refractivity contribution in [1.29, 1.82) is 0 Å². The van der Waals surface area contributed by atoms with Crippen LogP contribution in [-0.2, 0) is 0 Å². The van der Waals surface area contributed by atoms with Crippen molar-refractivity contribution in [2.45, 2.75) is 6.36 Å². The van der Waals surface area contributed by atoms with Gasteiger partial charge in [-0.3, -0.25) is 4.98 Å². The number of hydrogen-bond acceptors (Lipinski definition) is 3. The number of halogens is 3. The van der Waals surface area contributed by atoms with Gasteiger partial charge in [0.05, 0.1) is 5.56 Å². The summed E-state index contributed by atoms with van der Waals surface area (Å²) in [6.45, 7) is 0. The number of fused-ring (bicyclic) bond motifs is 1. The number of nitrogens with zero attached hydrogens (tertiary/aromatic N) is 1. The first-order chi connectivity index (χ1) is 8.38. The highest BCUT2D eigenvalue weighted by Gasteiger charge is 2.32. The van der Waals surface area contributed by atoms with Gasteiger partial charge in [-0.05, 0) is 12.1 Å². The van der Waals surface area contributed by atoms with E-state index in [9.17, 15) is 18.0 Å². The van der Waals surface area contributed by atoms with Crippen LogP contribution in [0, 0.1) is 0 Å². The molecular weight excluding hydrogens is 251 g/mol. The third-order valence-corrected chi connectivity index (χ3v) is 2.19. The predicted octanol–water partition coefficient (Wildman–Crippen LogP) is 2.83. The van der Waals surface area contributed by atoms with E-state index in [1.165, 1.54) is 18.2 Å². The molecule has 0 aliphatic heterocycles. The quantitative estimate of drug-likeness (QED) is 0.898. The summed E-state index contributed by atoms with van der Waals surface area (Å²) in [6, 6.07) is 4.93. The van der Waals surface area contributed by atoms with Crippen molar-refractivity contribution in [2.24, 2.45) is 0 Å². The monoisotopic (exact) mass is 257 g/mol. The Labute approximate surface area is 98.6 Å². The van der Waals surface area contributed by atoms with Crippen LogP contribution in [0.3, 0.4) is 0 Å². The van der Waals surface area contributed by atoms with E-state index in [4.69, 9.17) is 5.11 Å². The normalized spacial score (nSPS) is 11.5. The van der Waals surface area contributed by atoms with Crippen LogP contribution in [0.5, 0.6) is 5.75 Å². The Balaban J connectivity index is 2.64. The molecule has 1 aromatic carbocycles. The molecule has 0 atom stereocenters. The third-order valence-electron chi connectivity index (χ3n) is 2.19. The molecule has 0 aliphatic carbocycles. The number of benzene rings is 1. The first-order valence-corrected chi connectivity index (χ1v) is 4.75. The zero-order chi connectivity index (χ0) is 13.3. The summed E-state index contributed by atoms with van der Waals surface area (Å²) in [5.41, 5.74) is -0.276. The van der Waals surface area contributed by atoms with Gasteiger partial charge in [0.15, 0.2) is 5.75 Å². The van der Waals surface area contributed by atoms with Crippen molar-refractivity contribution >= 4 is 16.9 Å². The molecule has 2 aromatic rings. The lowest BCUT2D eigenvalue weighted by Crippen LogP contribution is -2.17. The molecule has 94 valence electrons. The molecule has 0 aliphatic rings. The number of rotatable bonds is 2. The Kier molecular flexibility index (Phi) is 2.82. The second kappa shape index (κ2) is 4.17. The van der Waals surface area contributed by atoms with Crippen molar-refractivity contribution in [3.8, 4) is 5.75 Å². The molecule has 1 aromatic heterocycles. The van der Waals surface area contributed by atoms with Gasteiger partial charge in [0.1, 0.15) is 5.52 Å². The molecule has 2 rings (SSSR count). The summed E-state index contributed by atoms with van der Waals surface area (Å²) < 4.78 is 40.3. The number of para-hydroxylation sites is 1. The van der Waals surface area contributed by atoms with Crippen LogP contribution in [-0.4, -0.2) is 22.4 Å². The van der Waals surface area contributed by atoms with Crippen molar-refractivity contribution in [3.05, 3.63) is 36.0 Å². The van der Waals surface area contributed by atoms with E-state index in [1.807, 2.05) is 0 Å². The molecule has 0 bridgehead atoms. The topological polar surface area (TPSA) is 59.4 Å². The zero-order valence-corrected chi connectivity index (χ0v) is 8.73. The second-order valence-corrected chi connectivity index (χ2v) is 3.36. The molecule has 0 saturated heterocycles. The van der Waals surface area contributed by atoms with Crippen LogP contribution in [0.25, 0.3) is 10.9 Å². The van der Waals surface area contributed by atoms with Gasteiger partial charge >= 0.3 is 12.3 Å². The standard InChI is InChI=1S/C11H6F3NO3/c12-11(13,14)18-8-3-1-2-6-7(10(16)17)4-5-15-9(6)8/h1-5H,(H,16,17). The number of alkyl halides is 3. The number of aromatic nitrogens is 1. The highest BCUT2D eigenvalue weighted by Crippen LogP contribution is 2.30. The molecule has 0 spiro atoms. The van der Waals surface area contributed by atoms with Crippen LogP contribution in [0.1, 0.15) is 10.4 Å². The average Bonchev–Trinajstić information content (AvgIpc) is 2.26. The first-order valence-electron chi connectivity index (χ1n) is 4.75. The highest BCUT2D eigenvalue weighted by molar-refractivity contribution is 6.03. The van der Waals surface area contributed by atoms with Gasteiger partial charge in [0.25, 0.3) is 0 Å². The smallest absolute Gasteiger partial charge is 0.478 e. The van der Waals surface area contributed by atoms with Crippen molar-refractivity contribution < 1.29 is 27.8 Å². The van der Waals surface area contributed by atoms with E-state index in [1.54, 1.807) is 0 Å². The van der Waals surface area contributed by atoms with Crippen molar-refractivity contribution in [1.82, 2.24) is 4.98 Å². The molecule has 0 amide bonds. The molecular formula is C11H6F3NO3. The van der Waals surface area contributed by atoms with E-state index in [2.05, 4.69) is 9.72 Å². The van der Waals surface area contributed by atoms with Crippen LogP contribution in [0.15, 0.2) is 30.5 Å². The fourth-order valence-corrected chi connectivity index (χ4v) is 1.54. The summed E-state index contributed by atoms with van der Waals surface area (Å²) in [5, 5.41) is 9.01.